The molecule has 9 heteroatoms. The average molecular weight is 587 g/mol. The highest BCUT2D eigenvalue weighted by molar-refractivity contribution is 5.87. The van der Waals surface area contributed by atoms with Crippen molar-refractivity contribution in [2.24, 2.45) is 10.7 Å². The Morgan fingerprint density at radius 1 is 1.16 bits per heavy atom. The highest BCUT2D eigenvalue weighted by Gasteiger charge is 2.33. The van der Waals surface area contributed by atoms with Crippen LogP contribution in [-0.2, 0) is 27.5 Å². The van der Waals surface area contributed by atoms with Crippen LogP contribution in [0.5, 0.6) is 0 Å². The topological polar surface area (TPSA) is 111 Å². The number of allylic oxidation sites excluding steroid dienone is 1. The number of nitrogens with zero attached hydrogens (tertiary/aromatic N) is 4. The summed E-state index contributed by atoms with van der Waals surface area (Å²) in [6, 6.07) is 15.4. The van der Waals surface area contributed by atoms with Gasteiger partial charge in [0.05, 0.1) is 31.5 Å². The molecule has 9 nitrogen and oxygen atoms in total. The summed E-state index contributed by atoms with van der Waals surface area (Å²) in [5.41, 5.74) is 13.0. The summed E-state index contributed by atoms with van der Waals surface area (Å²) < 4.78 is 0. The number of terminal acetylenes is 2. The molecule has 1 saturated heterocycles. The van der Waals surface area contributed by atoms with Crippen LogP contribution in [0.15, 0.2) is 72.8 Å². The van der Waals surface area contributed by atoms with Crippen LogP contribution in [0, 0.1) is 25.2 Å². The van der Waals surface area contributed by atoms with Crippen molar-refractivity contribution in [2.45, 2.75) is 40.0 Å². The number of nitrogens with two attached hydrogens (primary N) is 1. The maximum atomic E-state index is 13.0. The van der Waals surface area contributed by atoms with Crippen molar-refractivity contribution in [1.29, 1.82) is 0 Å². The van der Waals surface area contributed by atoms with E-state index in [2.05, 4.69) is 49.1 Å². The van der Waals surface area contributed by atoms with Gasteiger partial charge in [0.15, 0.2) is 0 Å². The Morgan fingerprint density at radius 2 is 1.77 bits per heavy atom. The molecule has 1 unspecified atom stereocenters. The van der Waals surface area contributed by atoms with Crippen LogP contribution in [0.25, 0.3) is 6.08 Å². The summed E-state index contributed by atoms with van der Waals surface area (Å²) in [5.74, 6) is 2.11. The van der Waals surface area contributed by atoms with E-state index in [1.807, 2.05) is 76.1 Å². The Hall–Kier alpha value is -4.80. The molecule has 0 bridgehead atoms. The van der Waals surface area contributed by atoms with Gasteiger partial charge in [-0.2, -0.15) is 0 Å². The first kappa shape index (κ1) is 40.3. The van der Waals surface area contributed by atoms with Crippen LogP contribution in [0.1, 0.15) is 37.5 Å². The number of nitrogens with one attached hydrogen (secondary N) is 1. The lowest BCUT2D eigenvalue weighted by Crippen LogP contribution is -2.62. The number of hydrogen-bond acceptors (Lipinski definition) is 7. The average Bonchev–Trinajstić information content (AvgIpc) is 3.05. The van der Waals surface area contributed by atoms with E-state index in [4.69, 9.17) is 17.0 Å². The standard InChI is InChI=1S/C26H30N6O2.C3H6.C2H6.C2H2.CH2O/c1-4-14-31(29-15-20-10-7-6-8-11-20)18-26(34)32-19-25(33)30(17-24(32)27)16-21-12-9-13-23(28-3)22(21)5-2;1-3-2;3*1-2/h1,5-13,24,29H,2-3,14-19,27H2;3H,1H2,2H3;1-2H3;1-2H;1H2. The second-order valence-corrected chi connectivity index (χ2v) is 8.36. The van der Waals surface area contributed by atoms with Gasteiger partial charge in [0.25, 0.3) is 0 Å². The van der Waals surface area contributed by atoms with Crippen molar-refractivity contribution in [3.05, 3.63) is 84.5 Å². The number of hydrazine groups is 1. The highest BCUT2D eigenvalue weighted by atomic mass is 16.2. The zero-order valence-electron chi connectivity index (χ0n) is 25.7. The Morgan fingerprint density at radius 3 is 2.30 bits per heavy atom. The predicted molar refractivity (Wildman–Crippen MR) is 179 cm³/mol. The third kappa shape index (κ3) is 14.1. The van der Waals surface area contributed by atoms with E-state index in [1.54, 1.807) is 22.1 Å². The molecule has 1 heterocycles. The molecule has 230 valence electrons. The van der Waals surface area contributed by atoms with Crippen LogP contribution in [0.3, 0.4) is 0 Å². The Kier molecular flexibility index (Phi) is 23.4. The minimum Gasteiger partial charge on any atom is -0.333 e. The predicted octanol–water partition coefficient (Wildman–Crippen LogP) is 4.04. The molecule has 2 aromatic rings. The van der Waals surface area contributed by atoms with Gasteiger partial charge in [-0.25, -0.2) is 10.4 Å². The fourth-order valence-electron chi connectivity index (χ4n) is 3.86. The third-order valence-corrected chi connectivity index (χ3v) is 5.65. The number of carbonyl (C=O) groups excluding carboxylic acids is 3. The van der Waals surface area contributed by atoms with Crippen molar-refractivity contribution < 1.29 is 14.4 Å². The van der Waals surface area contributed by atoms with Gasteiger partial charge < -0.3 is 20.3 Å². The fraction of sp³-hybridized carbons (Fsp3) is 0.294. The lowest BCUT2D eigenvalue weighted by atomic mass is 10.0. The van der Waals surface area contributed by atoms with Crippen LogP contribution in [-0.4, -0.2) is 72.5 Å². The van der Waals surface area contributed by atoms with Crippen molar-refractivity contribution in [1.82, 2.24) is 20.2 Å². The first-order chi connectivity index (χ1) is 20.9. The zero-order chi connectivity index (χ0) is 33.2. The number of carbonyl (C=O) groups is 3. The largest absolute Gasteiger partial charge is 0.333 e. The molecular formula is C34H46N6O3. The molecule has 0 radical (unpaired) electrons. The van der Waals surface area contributed by atoms with Gasteiger partial charge in [-0.05, 0) is 30.8 Å². The lowest BCUT2D eigenvalue weighted by Gasteiger charge is -2.40. The maximum absolute atomic E-state index is 13.0. The van der Waals surface area contributed by atoms with E-state index in [0.29, 0.717) is 18.8 Å². The van der Waals surface area contributed by atoms with Crippen LogP contribution in [0.4, 0.5) is 5.69 Å². The summed E-state index contributed by atoms with van der Waals surface area (Å²) >= 11 is 0. The van der Waals surface area contributed by atoms with Crippen molar-refractivity contribution >= 4 is 37.1 Å². The molecule has 3 N–H and O–H groups in total. The summed E-state index contributed by atoms with van der Waals surface area (Å²) in [7, 11) is 0. The van der Waals surface area contributed by atoms with E-state index >= 15 is 0 Å². The quantitative estimate of drug-likeness (QED) is 0.188. The van der Waals surface area contributed by atoms with E-state index in [0.717, 1.165) is 16.7 Å². The van der Waals surface area contributed by atoms with Gasteiger partial charge in [-0.1, -0.05) is 81.0 Å². The van der Waals surface area contributed by atoms with Crippen molar-refractivity contribution in [3.8, 4) is 25.2 Å². The second kappa shape index (κ2) is 25.0. The maximum Gasteiger partial charge on any atom is 0.242 e. The molecule has 0 aliphatic carbocycles. The fourth-order valence-corrected chi connectivity index (χ4v) is 3.86. The van der Waals surface area contributed by atoms with E-state index < -0.39 is 6.17 Å². The number of benzene rings is 2. The summed E-state index contributed by atoms with van der Waals surface area (Å²) in [6.07, 6.45) is 16.3. The molecule has 0 spiro atoms. The first-order valence-corrected chi connectivity index (χ1v) is 13.6. The van der Waals surface area contributed by atoms with Gasteiger partial charge in [0, 0.05) is 18.7 Å². The van der Waals surface area contributed by atoms with Crippen LogP contribution < -0.4 is 11.2 Å². The van der Waals surface area contributed by atoms with E-state index in [1.165, 1.54) is 4.90 Å². The number of rotatable bonds is 10. The van der Waals surface area contributed by atoms with Gasteiger partial charge in [0.2, 0.25) is 11.8 Å². The monoisotopic (exact) mass is 586 g/mol. The molecule has 1 atom stereocenters. The minimum absolute atomic E-state index is 0.00563. The minimum atomic E-state index is -0.625. The second-order valence-electron chi connectivity index (χ2n) is 8.36. The van der Waals surface area contributed by atoms with Gasteiger partial charge in [-0.3, -0.25) is 14.6 Å². The zero-order valence-corrected chi connectivity index (χ0v) is 25.7. The summed E-state index contributed by atoms with van der Waals surface area (Å²) in [5, 5.41) is 1.66. The molecule has 1 aliphatic rings. The number of amides is 2. The molecular weight excluding hydrogens is 540 g/mol. The third-order valence-electron chi connectivity index (χ3n) is 5.65. The molecule has 43 heavy (non-hydrogen) atoms. The SMILES string of the molecule is C#C.C#CCN(CC(=O)N1CC(=O)N(Cc2cccc(N=C)c2C=C)CC1N)NCc1ccccc1.C=CC.C=O.CC. The first-order valence-electron chi connectivity index (χ1n) is 13.6. The molecule has 1 aliphatic heterocycles. The normalized spacial score (nSPS) is 13.1. The van der Waals surface area contributed by atoms with Crippen LogP contribution >= 0.6 is 0 Å². The Balaban J connectivity index is 0. The molecule has 0 aromatic heterocycles. The van der Waals surface area contributed by atoms with Gasteiger partial charge in [-0.15, -0.1) is 25.8 Å². The number of hydrogen-bond donors (Lipinski definition) is 2. The molecule has 0 saturated carbocycles. The summed E-state index contributed by atoms with van der Waals surface area (Å²) in [6.45, 7) is 19.9. The van der Waals surface area contributed by atoms with Crippen molar-refractivity contribution in [2.75, 3.05) is 26.2 Å². The van der Waals surface area contributed by atoms with Crippen molar-refractivity contribution in [3.63, 3.8) is 0 Å². The van der Waals surface area contributed by atoms with E-state index in [9.17, 15) is 9.59 Å². The summed E-state index contributed by atoms with van der Waals surface area (Å²) in [4.78, 5) is 40.9. The van der Waals surface area contributed by atoms with Crippen LogP contribution in [0.2, 0.25) is 0 Å². The van der Waals surface area contributed by atoms with Gasteiger partial charge >= 0.3 is 0 Å². The Bertz CT molecular complexity index is 1190. The molecule has 3 rings (SSSR count). The highest BCUT2D eigenvalue weighted by Crippen LogP contribution is 2.25. The molecule has 2 aromatic carbocycles. The smallest absolute Gasteiger partial charge is 0.242 e. The molecule has 1 fully saturated rings. The number of piperazine rings is 1. The van der Waals surface area contributed by atoms with Gasteiger partial charge in [0.1, 0.15) is 13.3 Å². The number of aliphatic imine (C=N–C) groups is 1. The molecule has 2 amide bonds. The lowest BCUT2D eigenvalue weighted by molar-refractivity contribution is -0.150. The van der Waals surface area contributed by atoms with E-state index in [-0.39, 0.29) is 38.0 Å². The Labute approximate surface area is 258 Å².